The number of benzene rings is 1. The summed E-state index contributed by atoms with van der Waals surface area (Å²) in [5.41, 5.74) is 5.47. The Bertz CT molecular complexity index is 494. The molecule has 0 heterocycles. The Hall–Kier alpha value is -1.40. The van der Waals surface area contributed by atoms with Gasteiger partial charge in [-0.3, -0.25) is 0 Å². The zero-order valence-corrected chi connectivity index (χ0v) is 9.55. The first-order valence-electron chi connectivity index (χ1n) is 5.98. The maximum atomic E-state index is 10.5. The largest absolute Gasteiger partial charge is 0.235 e. The fraction of sp³-hybridized carbons (Fsp3) is 0.500. The molecule has 0 aromatic heterocycles. The lowest BCUT2D eigenvalue weighted by Gasteiger charge is -2.15. The minimum Gasteiger partial charge on any atom is -0.211 e. The van der Waals surface area contributed by atoms with Crippen molar-refractivity contribution < 1.29 is 4.79 Å². The summed E-state index contributed by atoms with van der Waals surface area (Å²) in [5, 5.41) is 0. The van der Waals surface area contributed by atoms with Crippen LogP contribution in [-0.4, -0.2) is 6.08 Å². The highest BCUT2D eigenvalue weighted by atomic mass is 16.1. The third kappa shape index (κ3) is 1.27. The molecule has 2 heteroatoms. The standard InChI is InChI=1S/C14H15NO/c1-10-5-6-13(12-4-2-3-11(10)12)14(7-8-14)15-9-16/h5-6H,2-4,7-8H2,1H3. The molecule has 0 aliphatic heterocycles. The molecule has 0 bridgehead atoms. The van der Waals surface area contributed by atoms with Gasteiger partial charge in [-0.25, -0.2) is 4.79 Å². The Kier molecular flexibility index (Phi) is 2.02. The van der Waals surface area contributed by atoms with Gasteiger partial charge < -0.3 is 0 Å². The van der Waals surface area contributed by atoms with E-state index in [0.29, 0.717) is 0 Å². The molecular formula is C14H15NO. The number of rotatable bonds is 2. The van der Waals surface area contributed by atoms with Crippen LogP contribution in [0.15, 0.2) is 17.1 Å². The SMILES string of the molecule is Cc1ccc(C2(N=C=O)CC2)c2c1CCC2. The van der Waals surface area contributed by atoms with Crippen LogP contribution in [0.1, 0.15) is 41.5 Å². The number of hydrogen-bond donors (Lipinski definition) is 0. The smallest absolute Gasteiger partial charge is 0.211 e. The van der Waals surface area contributed by atoms with Gasteiger partial charge in [-0.2, -0.15) is 4.99 Å². The molecule has 0 atom stereocenters. The van der Waals surface area contributed by atoms with Crippen LogP contribution in [0, 0.1) is 6.92 Å². The molecule has 1 aromatic rings. The van der Waals surface area contributed by atoms with Crippen LogP contribution in [0.5, 0.6) is 0 Å². The minimum atomic E-state index is -0.191. The van der Waals surface area contributed by atoms with Gasteiger partial charge in [-0.05, 0) is 61.3 Å². The van der Waals surface area contributed by atoms with Crippen LogP contribution in [0.25, 0.3) is 0 Å². The van der Waals surface area contributed by atoms with Gasteiger partial charge in [0, 0.05) is 0 Å². The summed E-state index contributed by atoms with van der Waals surface area (Å²) in [6.07, 6.45) is 7.36. The second-order valence-corrected chi connectivity index (χ2v) is 4.98. The summed E-state index contributed by atoms with van der Waals surface area (Å²) in [6.45, 7) is 2.18. The van der Waals surface area contributed by atoms with E-state index in [9.17, 15) is 4.79 Å². The summed E-state index contributed by atoms with van der Waals surface area (Å²) in [5.74, 6) is 0. The maximum absolute atomic E-state index is 10.5. The molecule has 0 spiro atoms. The molecule has 0 radical (unpaired) electrons. The van der Waals surface area contributed by atoms with Gasteiger partial charge >= 0.3 is 0 Å². The first-order valence-corrected chi connectivity index (χ1v) is 5.98. The molecule has 3 rings (SSSR count). The summed E-state index contributed by atoms with van der Waals surface area (Å²) < 4.78 is 0. The van der Waals surface area contributed by atoms with E-state index in [1.165, 1.54) is 35.1 Å². The van der Waals surface area contributed by atoms with Crippen LogP contribution in [0.3, 0.4) is 0 Å². The number of fused-ring (bicyclic) bond motifs is 1. The number of nitrogens with zero attached hydrogens (tertiary/aromatic N) is 1. The predicted molar refractivity (Wildman–Crippen MR) is 62.2 cm³/mol. The normalized spacial score (nSPS) is 20.1. The third-order valence-corrected chi connectivity index (χ3v) is 4.00. The molecule has 2 aliphatic rings. The first-order chi connectivity index (χ1) is 7.77. The first kappa shape index (κ1) is 9.80. The van der Waals surface area contributed by atoms with Crippen molar-refractivity contribution in [3.63, 3.8) is 0 Å². The van der Waals surface area contributed by atoms with Crippen molar-refractivity contribution in [3.8, 4) is 0 Å². The fourth-order valence-corrected chi connectivity index (χ4v) is 2.97. The van der Waals surface area contributed by atoms with Crippen LogP contribution in [-0.2, 0) is 23.2 Å². The van der Waals surface area contributed by atoms with E-state index in [2.05, 4.69) is 24.0 Å². The lowest BCUT2D eigenvalue weighted by Crippen LogP contribution is -2.07. The molecule has 1 aromatic carbocycles. The van der Waals surface area contributed by atoms with Crippen LogP contribution < -0.4 is 0 Å². The lowest BCUT2D eigenvalue weighted by atomic mass is 9.93. The number of hydrogen-bond acceptors (Lipinski definition) is 2. The summed E-state index contributed by atoms with van der Waals surface area (Å²) in [4.78, 5) is 14.5. The van der Waals surface area contributed by atoms with E-state index < -0.39 is 0 Å². The average molecular weight is 213 g/mol. The van der Waals surface area contributed by atoms with Crippen LogP contribution >= 0.6 is 0 Å². The number of aliphatic imine (C=N–C) groups is 1. The van der Waals surface area contributed by atoms with E-state index in [4.69, 9.17) is 0 Å². The van der Waals surface area contributed by atoms with Gasteiger partial charge in [0.1, 0.15) is 0 Å². The number of aryl methyl sites for hydroxylation is 1. The zero-order chi connectivity index (χ0) is 11.2. The zero-order valence-electron chi connectivity index (χ0n) is 9.55. The Morgan fingerprint density at radius 3 is 2.69 bits per heavy atom. The molecule has 0 N–H and O–H groups in total. The van der Waals surface area contributed by atoms with Gasteiger partial charge in [0.05, 0.1) is 5.54 Å². The summed E-state index contributed by atoms with van der Waals surface area (Å²) in [6, 6.07) is 4.35. The highest BCUT2D eigenvalue weighted by Crippen LogP contribution is 2.52. The Labute approximate surface area is 95.4 Å². The molecule has 0 unspecified atom stereocenters. The predicted octanol–water partition coefficient (Wildman–Crippen LogP) is 2.81. The maximum Gasteiger partial charge on any atom is 0.235 e. The highest BCUT2D eigenvalue weighted by Gasteiger charge is 2.46. The van der Waals surface area contributed by atoms with Crippen molar-refractivity contribution in [2.45, 2.75) is 44.6 Å². The second kappa shape index (κ2) is 3.29. The molecule has 2 nitrogen and oxygen atoms in total. The molecule has 1 saturated carbocycles. The van der Waals surface area contributed by atoms with E-state index in [0.717, 1.165) is 19.3 Å². The Balaban J connectivity index is 2.16. The number of carbonyl (C=O) groups excluding carboxylic acids is 1. The van der Waals surface area contributed by atoms with Crippen molar-refractivity contribution >= 4 is 6.08 Å². The van der Waals surface area contributed by atoms with Gasteiger partial charge in [-0.15, -0.1) is 0 Å². The molecule has 0 saturated heterocycles. The topological polar surface area (TPSA) is 29.4 Å². The van der Waals surface area contributed by atoms with Crippen LogP contribution in [0.4, 0.5) is 0 Å². The Morgan fingerprint density at radius 1 is 1.25 bits per heavy atom. The highest BCUT2D eigenvalue weighted by molar-refractivity contribution is 5.50. The summed E-state index contributed by atoms with van der Waals surface area (Å²) >= 11 is 0. The summed E-state index contributed by atoms with van der Waals surface area (Å²) in [7, 11) is 0. The third-order valence-electron chi connectivity index (χ3n) is 4.00. The van der Waals surface area contributed by atoms with E-state index in [-0.39, 0.29) is 5.54 Å². The minimum absolute atomic E-state index is 0.191. The molecular weight excluding hydrogens is 198 g/mol. The molecule has 16 heavy (non-hydrogen) atoms. The van der Waals surface area contributed by atoms with E-state index in [1.807, 2.05) is 0 Å². The Morgan fingerprint density at radius 2 is 2.00 bits per heavy atom. The monoisotopic (exact) mass is 213 g/mol. The van der Waals surface area contributed by atoms with Crippen LogP contribution in [0.2, 0.25) is 0 Å². The molecule has 82 valence electrons. The van der Waals surface area contributed by atoms with Gasteiger partial charge in [0.25, 0.3) is 0 Å². The van der Waals surface area contributed by atoms with Crippen molar-refractivity contribution in [1.82, 2.24) is 0 Å². The van der Waals surface area contributed by atoms with Gasteiger partial charge in [0.15, 0.2) is 0 Å². The molecule has 0 amide bonds. The van der Waals surface area contributed by atoms with Crippen molar-refractivity contribution in [3.05, 3.63) is 34.4 Å². The quantitative estimate of drug-likeness (QED) is 0.548. The molecule has 2 aliphatic carbocycles. The number of isocyanates is 1. The van der Waals surface area contributed by atoms with E-state index >= 15 is 0 Å². The molecule has 1 fully saturated rings. The van der Waals surface area contributed by atoms with Crippen molar-refractivity contribution in [2.24, 2.45) is 4.99 Å². The van der Waals surface area contributed by atoms with Crippen molar-refractivity contribution in [1.29, 1.82) is 0 Å². The average Bonchev–Trinajstić information content (AvgIpc) is 2.88. The van der Waals surface area contributed by atoms with Crippen molar-refractivity contribution in [2.75, 3.05) is 0 Å². The fourth-order valence-electron chi connectivity index (χ4n) is 2.97. The lowest BCUT2D eigenvalue weighted by molar-refractivity contribution is 0.556. The van der Waals surface area contributed by atoms with E-state index in [1.54, 1.807) is 6.08 Å². The van der Waals surface area contributed by atoms with Gasteiger partial charge in [0.2, 0.25) is 6.08 Å². The van der Waals surface area contributed by atoms with Gasteiger partial charge in [-0.1, -0.05) is 12.1 Å². The second-order valence-electron chi connectivity index (χ2n) is 4.98.